The van der Waals surface area contributed by atoms with E-state index in [9.17, 15) is 25.9 Å². The topological polar surface area (TPSA) is 114 Å². The largest absolute Gasteiger partial charge is 1.00 e. The predicted octanol–water partition coefficient (Wildman–Crippen LogP) is -5.11. The number of benzene rings is 1. The first-order valence-corrected chi connectivity index (χ1v) is 7.36. The molecular weight excluding hydrogens is 326 g/mol. The summed E-state index contributed by atoms with van der Waals surface area (Å²) in [6.07, 6.45) is 1.27. The van der Waals surface area contributed by atoms with Crippen LogP contribution in [-0.4, -0.2) is 25.9 Å². The molecule has 0 atom stereocenters. The minimum atomic E-state index is -4.25. The number of rotatable bonds is 3. The van der Waals surface area contributed by atoms with Gasteiger partial charge in [0.05, 0.1) is 0 Å². The van der Waals surface area contributed by atoms with Gasteiger partial charge >= 0.3 is 59.1 Å². The van der Waals surface area contributed by atoms with E-state index in [0.29, 0.717) is 16.4 Å². The van der Waals surface area contributed by atoms with Crippen molar-refractivity contribution < 1.29 is 85.1 Å². The zero-order valence-electron chi connectivity index (χ0n) is 11.1. The van der Waals surface area contributed by atoms with Gasteiger partial charge in [0.1, 0.15) is 20.2 Å². The Bertz CT molecular complexity index is 597. The average molecular weight is 336 g/mol. The van der Waals surface area contributed by atoms with Crippen molar-refractivity contribution in [3.63, 3.8) is 0 Å². The van der Waals surface area contributed by atoms with E-state index >= 15 is 0 Å². The third-order valence-corrected chi connectivity index (χ3v) is 2.31. The molecule has 1 aromatic rings. The van der Waals surface area contributed by atoms with Gasteiger partial charge in [0.15, 0.2) is 0 Å². The molecule has 0 aliphatic heterocycles. The van der Waals surface area contributed by atoms with E-state index in [1.807, 2.05) is 6.07 Å². The summed E-state index contributed by atoms with van der Waals surface area (Å²) < 4.78 is 58.5. The van der Waals surface area contributed by atoms with Crippen molar-refractivity contribution in [3.05, 3.63) is 53.3 Å². The first kappa shape index (κ1) is 25.5. The molecule has 0 heterocycles. The fourth-order valence-corrected chi connectivity index (χ4v) is 1.05. The molecule has 0 N–H and O–H groups in total. The van der Waals surface area contributed by atoms with Crippen LogP contribution in [0.4, 0.5) is 0 Å². The zero-order chi connectivity index (χ0) is 14.2. The van der Waals surface area contributed by atoms with Crippen LogP contribution in [0.1, 0.15) is 5.56 Å². The van der Waals surface area contributed by atoms with Crippen LogP contribution in [0.5, 0.6) is 0 Å². The molecule has 0 fully saturated rings. The van der Waals surface area contributed by atoms with E-state index < -0.39 is 20.2 Å². The van der Waals surface area contributed by atoms with Crippen molar-refractivity contribution in [2.75, 3.05) is 0 Å². The summed E-state index contributed by atoms with van der Waals surface area (Å²) in [6.45, 7) is 2.73. The molecule has 6 nitrogen and oxygen atoms in total. The Morgan fingerprint density at radius 1 is 0.900 bits per heavy atom. The molecule has 1 rings (SSSR count). The Morgan fingerprint density at radius 2 is 1.30 bits per heavy atom. The van der Waals surface area contributed by atoms with Crippen LogP contribution in [0.15, 0.2) is 47.7 Å². The van der Waals surface area contributed by atoms with E-state index in [-0.39, 0.29) is 59.1 Å². The summed E-state index contributed by atoms with van der Waals surface area (Å²) in [6, 6.07) is 8.75. The van der Waals surface area contributed by atoms with Crippen LogP contribution >= 0.6 is 0 Å². The van der Waals surface area contributed by atoms with Gasteiger partial charge in [-0.05, 0) is 11.6 Å². The molecule has 0 unspecified atom stereocenters. The maximum atomic E-state index is 10.2. The molecule has 0 aromatic heterocycles. The Hall–Kier alpha value is 0.520. The molecule has 0 saturated heterocycles. The van der Waals surface area contributed by atoms with Crippen LogP contribution < -0.4 is 59.1 Å². The van der Waals surface area contributed by atoms with E-state index in [2.05, 4.69) is 6.58 Å². The first-order chi connectivity index (χ1) is 8.14. The monoisotopic (exact) mass is 336 g/mol. The molecule has 0 amide bonds. The average Bonchev–Trinajstić information content (AvgIpc) is 2.27. The van der Waals surface area contributed by atoms with Crippen molar-refractivity contribution >= 4 is 26.3 Å². The minimum absolute atomic E-state index is 0. The van der Waals surface area contributed by atoms with Gasteiger partial charge < -0.3 is 9.11 Å². The summed E-state index contributed by atoms with van der Waals surface area (Å²) in [7, 11) is -8.40. The van der Waals surface area contributed by atoms with Crippen LogP contribution in [0, 0.1) is 0 Å². The normalized spacial score (nSPS) is 10.5. The van der Waals surface area contributed by atoms with Crippen LogP contribution in [0.2, 0.25) is 0 Å². The molecule has 100 valence electrons. The SMILES string of the molecule is C=CS(=O)(=O)[O-].O=S(=O)([O-])C=Cc1ccccc1.[Na+].[Na+]. The summed E-state index contributed by atoms with van der Waals surface area (Å²) in [4.78, 5) is 0. The van der Waals surface area contributed by atoms with Gasteiger partial charge in [-0.1, -0.05) is 36.9 Å². The van der Waals surface area contributed by atoms with Gasteiger partial charge in [0.25, 0.3) is 0 Å². The van der Waals surface area contributed by atoms with Gasteiger partial charge in [-0.15, -0.1) is 0 Å². The third-order valence-electron chi connectivity index (χ3n) is 1.43. The molecule has 20 heavy (non-hydrogen) atoms. The second-order valence-corrected chi connectivity index (χ2v) is 5.44. The maximum Gasteiger partial charge on any atom is 1.00 e. The Kier molecular flexibility index (Phi) is 15.4. The van der Waals surface area contributed by atoms with Gasteiger partial charge in [-0.25, -0.2) is 16.8 Å². The molecule has 0 aliphatic rings. The van der Waals surface area contributed by atoms with Crippen molar-refractivity contribution in [3.8, 4) is 0 Å². The van der Waals surface area contributed by atoms with Crippen molar-refractivity contribution in [1.82, 2.24) is 0 Å². The first-order valence-electron chi connectivity index (χ1n) is 4.41. The van der Waals surface area contributed by atoms with E-state index in [4.69, 9.17) is 0 Å². The van der Waals surface area contributed by atoms with Crippen molar-refractivity contribution in [2.24, 2.45) is 0 Å². The Morgan fingerprint density at radius 3 is 1.60 bits per heavy atom. The molecule has 0 saturated carbocycles. The maximum absolute atomic E-state index is 10.2. The molecule has 10 heteroatoms. The Labute approximate surface area is 163 Å². The van der Waals surface area contributed by atoms with Gasteiger partial charge in [-0.2, -0.15) is 0 Å². The van der Waals surface area contributed by atoms with Gasteiger partial charge in [0.2, 0.25) is 0 Å². The molecule has 0 radical (unpaired) electrons. The molecule has 1 aromatic carbocycles. The summed E-state index contributed by atoms with van der Waals surface area (Å²) in [5, 5.41) is 0.995. The predicted molar refractivity (Wildman–Crippen MR) is 65.1 cm³/mol. The fourth-order valence-electron chi connectivity index (χ4n) is 0.726. The smallest absolute Gasteiger partial charge is 0.745 e. The zero-order valence-corrected chi connectivity index (χ0v) is 16.7. The van der Waals surface area contributed by atoms with Gasteiger partial charge in [0, 0.05) is 10.8 Å². The second-order valence-electron chi connectivity index (χ2n) is 2.87. The van der Waals surface area contributed by atoms with Crippen molar-refractivity contribution in [2.45, 2.75) is 0 Å². The van der Waals surface area contributed by atoms with Crippen LogP contribution in [-0.2, 0) is 20.2 Å². The van der Waals surface area contributed by atoms with E-state index in [1.165, 1.54) is 6.08 Å². The van der Waals surface area contributed by atoms with E-state index in [0.717, 1.165) is 0 Å². The van der Waals surface area contributed by atoms with Crippen molar-refractivity contribution in [1.29, 1.82) is 0 Å². The fraction of sp³-hybridized carbons (Fsp3) is 0. The molecule has 0 bridgehead atoms. The van der Waals surface area contributed by atoms with Crippen LogP contribution in [0.3, 0.4) is 0 Å². The second kappa shape index (κ2) is 12.1. The molecular formula is C10H10Na2O6S2. The quantitative estimate of drug-likeness (QED) is 0.403. The minimum Gasteiger partial charge on any atom is -0.745 e. The molecule has 0 spiro atoms. The van der Waals surface area contributed by atoms with E-state index in [1.54, 1.807) is 24.3 Å². The Balaban J connectivity index is -0.000000316. The number of hydrogen-bond acceptors (Lipinski definition) is 6. The molecule has 0 aliphatic carbocycles. The van der Waals surface area contributed by atoms with Gasteiger partial charge in [-0.3, -0.25) is 0 Å². The number of hydrogen-bond donors (Lipinski definition) is 0. The summed E-state index contributed by atoms with van der Waals surface area (Å²) >= 11 is 0. The summed E-state index contributed by atoms with van der Waals surface area (Å²) in [5.74, 6) is 0. The summed E-state index contributed by atoms with van der Waals surface area (Å²) in [5.41, 5.74) is 0.692. The standard InChI is InChI=1S/C8H8O3S.C2H4O3S.2Na/c9-12(10,11)7-6-8-4-2-1-3-5-8;1-2-6(3,4)5;;/h1-7H,(H,9,10,11);2H,1H2,(H,3,4,5);;/q;;2*+1/p-2. The van der Waals surface area contributed by atoms with Crippen LogP contribution in [0.25, 0.3) is 6.08 Å². The third kappa shape index (κ3) is 18.5.